The second kappa shape index (κ2) is 4.76. The zero-order valence-electron chi connectivity index (χ0n) is 10.2. The van der Waals surface area contributed by atoms with E-state index in [9.17, 15) is 8.42 Å². The SMILES string of the molecule is CN(C)S(=O)(=O)c1ccccc1CNC1CC1. The van der Waals surface area contributed by atoms with Crippen LogP contribution in [0.15, 0.2) is 29.2 Å². The maximum atomic E-state index is 12.1. The highest BCUT2D eigenvalue weighted by molar-refractivity contribution is 7.89. The van der Waals surface area contributed by atoms with Gasteiger partial charge < -0.3 is 5.32 Å². The predicted octanol–water partition coefficient (Wildman–Crippen LogP) is 1.19. The van der Waals surface area contributed by atoms with Crippen molar-refractivity contribution >= 4 is 10.0 Å². The van der Waals surface area contributed by atoms with Crippen LogP contribution in [0.3, 0.4) is 0 Å². The van der Waals surface area contributed by atoms with Crippen LogP contribution in [-0.2, 0) is 16.6 Å². The van der Waals surface area contributed by atoms with E-state index >= 15 is 0 Å². The fraction of sp³-hybridized carbons (Fsp3) is 0.500. The first kappa shape index (κ1) is 12.5. The highest BCUT2D eigenvalue weighted by Gasteiger charge is 2.23. The van der Waals surface area contributed by atoms with E-state index in [4.69, 9.17) is 0 Å². The van der Waals surface area contributed by atoms with E-state index in [1.54, 1.807) is 26.2 Å². The molecule has 0 amide bonds. The lowest BCUT2D eigenvalue weighted by Gasteiger charge is -2.15. The van der Waals surface area contributed by atoms with Crippen molar-refractivity contribution in [2.45, 2.75) is 30.3 Å². The number of hydrogen-bond donors (Lipinski definition) is 1. The van der Waals surface area contributed by atoms with Gasteiger partial charge in [0.1, 0.15) is 0 Å². The predicted molar refractivity (Wildman–Crippen MR) is 67.2 cm³/mol. The topological polar surface area (TPSA) is 49.4 Å². The Labute approximate surface area is 103 Å². The molecule has 1 aromatic rings. The fourth-order valence-electron chi connectivity index (χ4n) is 1.64. The van der Waals surface area contributed by atoms with Crippen molar-refractivity contribution in [3.63, 3.8) is 0 Å². The molecule has 0 saturated heterocycles. The summed E-state index contributed by atoms with van der Waals surface area (Å²) in [6, 6.07) is 7.74. The summed E-state index contributed by atoms with van der Waals surface area (Å²) in [6.07, 6.45) is 2.39. The van der Waals surface area contributed by atoms with E-state index in [0.29, 0.717) is 17.5 Å². The van der Waals surface area contributed by atoms with Crippen LogP contribution in [0, 0.1) is 0 Å². The van der Waals surface area contributed by atoms with Crippen molar-refractivity contribution in [3.05, 3.63) is 29.8 Å². The summed E-state index contributed by atoms with van der Waals surface area (Å²) < 4.78 is 25.5. The molecular formula is C12H18N2O2S. The van der Waals surface area contributed by atoms with Gasteiger partial charge in [0.2, 0.25) is 10.0 Å². The maximum Gasteiger partial charge on any atom is 0.242 e. The number of hydrogen-bond acceptors (Lipinski definition) is 3. The standard InChI is InChI=1S/C12H18N2O2S/c1-14(2)17(15,16)12-6-4-3-5-10(12)9-13-11-7-8-11/h3-6,11,13H,7-9H2,1-2H3. The number of nitrogens with zero attached hydrogens (tertiary/aromatic N) is 1. The molecular weight excluding hydrogens is 236 g/mol. The van der Waals surface area contributed by atoms with Crippen molar-refractivity contribution in [1.29, 1.82) is 0 Å². The Hall–Kier alpha value is -0.910. The molecule has 1 aliphatic rings. The van der Waals surface area contributed by atoms with E-state index < -0.39 is 10.0 Å². The molecule has 0 radical (unpaired) electrons. The van der Waals surface area contributed by atoms with Crippen LogP contribution in [0.1, 0.15) is 18.4 Å². The molecule has 5 heteroatoms. The Morgan fingerprint density at radius 2 is 1.94 bits per heavy atom. The molecule has 1 N–H and O–H groups in total. The maximum absolute atomic E-state index is 12.1. The van der Waals surface area contributed by atoms with Crippen LogP contribution in [0.4, 0.5) is 0 Å². The van der Waals surface area contributed by atoms with Gasteiger partial charge in [-0.05, 0) is 24.5 Å². The zero-order valence-corrected chi connectivity index (χ0v) is 11.0. The molecule has 94 valence electrons. The third kappa shape index (κ3) is 2.86. The first-order valence-electron chi connectivity index (χ1n) is 5.75. The summed E-state index contributed by atoms with van der Waals surface area (Å²) in [4.78, 5) is 0.401. The molecule has 0 unspecified atom stereocenters. The van der Waals surface area contributed by atoms with E-state index in [1.165, 1.54) is 17.1 Å². The first-order chi connectivity index (χ1) is 8.01. The Balaban J connectivity index is 2.26. The van der Waals surface area contributed by atoms with Gasteiger partial charge in [0.05, 0.1) is 4.90 Å². The third-order valence-electron chi connectivity index (χ3n) is 2.89. The highest BCUT2D eigenvalue weighted by atomic mass is 32.2. The summed E-state index contributed by atoms with van der Waals surface area (Å²) in [5, 5.41) is 3.34. The molecule has 1 saturated carbocycles. The average Bonchev–Trinajstić information content (AvgIpc) is 3.10. The van der Waals surface area contributed by atoms with Gasteiger partial charge in [0.15, 0.2) is 0 Å². The Morgan fingerprint density at radius 1 is 1.29 bits per heavy atom. The third-order valence-corrected chi connectivity index (χ3v) is 4.81. The number of nitrogens with one attached hydrogen (secondary N) is 1. The quantitative estimate of drug-likeness (QED) is 0.858. The van der Waals surface area contributed by atoms with E-state index in [-0.39, 0.29) is 0 Å². The number of sulfonamides is 1. The van der Waals surface area contributed by atoms with Crippen LogP contribution in [0.5, 0.6) is 0 Å². The molecule has 1 aromatic carbocycles. The Bertz CT molecular complexity index is 493. The number of benzene rings is 1. The van der Waals surface area contributed by atoms with Gasteiger partial charge in [0, 0.05) is 26.7 Å². The van der Waals surface area contributed by atoms with Crippen molar-refractivity contribution in [1.82, 2.24) is 9.62 Å². The lowest BCUT2D eigenvalue weighted by atomic mass is 10.2. The minimum absolute atomic E-state index is 0.401. The van der Waals surface area contributed by atoms with Gasteiger partial charge >= 0.3 is 0 Å². The van der Waals surface area contributed by atoms with E-state index in [2.05, 4.69) is 5.32 Å². The summed E-state index contributed by atoms with van der Waals surface area (Å²) >= 11 is 0. The highest BCUT2D eigenvalue weighted by Crippen LogP contribution is 2.22. The molecule has 0 aromatic heterocycles. The minimum Gasteiger partial charge on any atom is -0.310 e. The molecule has 17 heavy (non-hydrogen) atoms. The van der Waals surface area contributed by atoms with Crippen molar-refractivity contribution in [2.75, 3.05) is 14.1 Å². The lowest BCUT2D eigenvalue weighted by Crippen LogP contribution is -2.25. The summed E-state index contributed by atoms with van der Waals surface area (Å²) in [5.41, 5.74) is 0.841. The van der Waals surface area contributed by atoms with Gasteiger partial charge in [-0.2, -0.15) is 0 Å². The summed E-state index contributed by atoms with van der Waals surface area (Å²) in [6.45, 7) is 0.619. The van der Waals surface area contributed by atoms with E-state index in [1.807, 2.05) is 12.1 Å². The smallest absolute Gasteiger partial charge is 0.242 e. The molecule has 1 fully saturated rings. The van der Waals surface area contributed by atoms with Crippen LogP contribution in [0.25, 0.3) is 0 Å². The van der Waals surface area contributed by atoms with Crippen molar-refractivity contribution in [2.24, 2.45) is 0 Å². The summed E-state index contributed by atoms with van der Waals surface area (Å²) in [7, 11) is -0.230. The van der Waals surface area contributed by atoms with Crippen LogP contribution < -0.4 is 5.32 Å². The average molecular weight is 254 g/mol. The summed E-state index contributed by atoms with van der Waals surface area (Å²) in [5.74, 6) is 0. The van der Waals surface area contributed by atoms with Crippen molar-refractivity contribution < 1.29 is 8.42 Å². The van der Waals surface area contributed by atoms with Crippen LogP contribution >= 0.6 is 0 Å². The molecule has 1 aliphatic carbocycles. The minimum atomic E-state index is -3.34. The van der Waals surface area contributed by atoms with Gasteiger partial charge in [-0.25, -0.2) is 12.7 Å². The van der Waals surface area contributed by atoms with E-state index in [0.717, 1.165) is 5.56 Å². The monoisotopic (exact) mass is 254 g/mol. The zero-order chi connectivity index (χ0) is 12.5. The molecule has 0 spiro atoms. The van der Waals surface area contributed by atoms with Crippen LogP contribution in [-0.4, -0.2) is 32.9 Å². The Kier molecular flexibility index (Phi) is 3.51. The normalized spacial score (nSPS) is 16.4. The van der Waals surface area contributed by atoms with Crippen LogP contribution in [0.2, 0.25) is 0 Å². The van der Waals surface area contributed by atoms with Crippen molar-refractivity contribution in [3.8, 4) is 0 Å². The lowest BCUT2D eigenvalue weighted by molar-refractivity contribution is 0.518. The van der Waals surface area contributed by atoms with Gasteiger partial charge in [-0.15, -0.1) is 0 Å². The molecule has 2 rings (SSSR count). The van der Waals surface area contributed by atoms with Gasteiger partial charge in [-0.1, -0.05) is 18.2 Å². The first-order valence-corrected chi connectivity index (χ1v) is 7.19. The second-order valence-corrected chi connectivity index (χ2v) is 6.67. The molecule has 0 bridgehead atoms. The molecule has 0 atom stereocenters. The molecule has 4 nitrogen and oxygen atoms in total. The second-order valence-electron chi connectivity index (χ2n) is 4.55. The Morgan fingerprint density at radius 3 is 2.53 bits per heavy atom. The van der Waals surface area contributed by atoms with Gasteiger partial charge in [-0.3, -0.25) is 0 Å². The fourth-order valence-corrected chi connectivity index (χ4v) is 2.76. The largest absolute Gasteiger partial charge is 0.310 e. The van der Waals surface area contributed by atoms with Gasteiger partial charge in [0.25, 0.3) is 0 Å². The molecule has 0 heterocycles. The number of rotatable bonds is 5. The molecule has 0 aliphatic heterocycles.